The summed E-state index contributed by atoms with van der Waals surface area (Å²) in [5.41, 5.74) is 1.98. The Morgan fingerprint density at radius 3 is 1.95 bits per heavy atom. The minimum Gasteiger partial charge on any atom is -0.489 e. The number of nitrogens with one attached hydrogen (secondary N) is 6. The third-order valence-corrected chi connectivity index (χ3v) is 9.41. The molecule has 15 heteroatoms. The van der Waals surface area contributed by atoms with E-state index in [4.69, 9.17) is 14.2 Å². The zero-order valence-electron chi connectivity index (χ0n) is 34.8. The predicted octanol–water partition coefficient (Wildman–Crippen LogP) is 6.60. The van der Waals surface area contributed by atoms with Gasteiger partial charge >= 0.3 is 12.2 Å². The van der Waals surface area contributed by atoms with Gasteiger partial charge in [-0.05, 0) is 112 Å². The molecule has 0 bridgehead atoms. The van der Waals surface area contributed by atoms with Gasteiger partial charge in [-0.25, -0.2) is 9.59 Å². The lowest BCUT2D eigenvalue weighted by Gasteiger charge is -2.25. The summed E-state index contributed by atoms with van der Waals surface area (Å²) in [6, 6.07) is 19.4. The van der Waals surface area contributed by atoms with Crippen LogP contribution >= 0.6 is 15.9 Å². The zero-order chi connectivity index (χ0) is 43.2. The first-order valence-electron chi connectivity index (χ1n) is 19.7. The standard InChI is InChI=1S/C44H57BrN6O8/c1-28(49-40(54)35(51-42(56)59-44(5,6)7)24-29-18-20-32(21-19-29)57-27-30-14-9-8-10-15-30)38(52)50-36(25-31-26-48-37-33(31)16-13-17-34(37)45)39(53)46-22-11-12-23-47-41(55)58-43(2,3)4/h8-10,13-21,26,28,35-36,48H,11-12,22-25,27H2,1-7H3,(H,46,53)(H,47,55)(H,49,54)(H,50,52)(H,51,56)/t28-,35-,36-/m0/s1. The third-order valence-electron chi connectivity index (χ3n) is 8.75. The Bertz CT molecular complexity index is 2020. The van der Waals surface area contributed by atoms with Crippen LogP contribution in [0.3, 0.4) is 0 Å². The fourth-order valence-corrected chi connectivity index (χ4v) is 6.38. The van der Waals surface area contributed by atoms with Crippen molar-refractivity contribution in [1.82, 2.24) is 31.6 Å². The van der Waals surface area contributed by atoms with E-state index in [9.17, 15) is 24.0 Å². The molecule has 0 saturated carbocycles. The average molecular weight is 878 g/mol. The van der Waals surface area contributed by atoms with Crippen LogP contribution in [0.25, 0.3) is 10.9 Å². The van der Waals surface area contributed by atoms with Crippen molar-refractivity contribution in [2.24, 2.45) is 0 Å². The number of hydrogen-bond acceptors (Lipinski definition) is 8. The number of H-pyrrole nitrogens is 1. The molecule has 3 atom stereocenters. The van der Waals surface area contributed by atoms with Crippen molar-refractivity contribution >= 4 is 56.7 Å². The van der Waals surface area contributed by atoms with Crippen molar-refractivity contribution in [2.45, 2.75) is 110 Å². The molecule has 3 aromatic carbocycles. The van der Waals surface area contributed by atoms with Gasteiger partial charge in [-0.15, -0.1) is 0 Å². The molecule has 0 fully saturated rings. The summed E-state index contributed by atoms with van der Waals surface area (Å²) in [5.74, 6) is -0.998. The smallest absolute Gasteiger partial charge is 0.408 e. The van der Waals surface area contributed by atoms with Gasteiger partial charge in [0.2, 0.25) is 17.7 Å². The van der Waals surface area contributed by atoms with E-state index >= 15 is 0 Å². The van der Waals surface area contributed by atoms with Crippen molar-refractivity contribution in [1.29, 1.82) is 0 Å². The van der Waals surface area contributed by atoms with E-state index in [-0.39, 0.29) is 12.8 Å². The Balaban J connectivity index is 1.41. The number of aromatic nitrogens is 1. The van der Waals surface area contributed by atoms with Gasteiger partial charge in [-0.3, -0.25) is 14.4 Å². The highest BCUT2D eigenvalue weighted by molar-refractivity contribution is 9.10. The number of para-hydroxylation sites is 1. The highest BCUT2D eigenvalue weighted by atomic mass is 79.9. The fourth-order valence-electron chi connectivity index (χ4n) is 5.90. The van der Waals surface area contributed by atoms with Gasteiger partial charge in [0.15, 0.2) is 0 Å². The van der Waals surface area contributed by atoms with E-state index in [1.165, 1.54) is 6.92 Å². The van der Waals surface area contributed by atoms with Crippen LogP contribution < -0.4 is 31.3 Å². The van der Waals surface area contributed by atoms with Gasteiger partial charge < -0.3 is 45.8 Å². The molecular weight excluding hydrogens is 820 g/mol. The first-order valence-corrected chi connectivity index (χ1v) is 20.5. The Labute approximate surface area is 354 Å². The topological polar surface area (TPSA) is 189 Å². The summed E-state index contributed by atoms with van der Waals surface area (Å²) in [7, 11) is 0. The summed E-state index contributed by atoms with van der Waals surface area (Å²) in [4.78, 5) is 69.2. The number of unbranched alkanes of at least 4 members (excludes halogenated alkanes) is 1. The number of ether oxygens (including phenoxy) is 3. The van der Waals surface area contributed by atoms with Crippen LogP contribution in [0.4, 0.5) is 9.59 Å². The molecule has 6 N–H and O–H groups in total. The van der Waals surface area contributed by atoms with Crippen LogP contribution in [-0.2, 0) is 43.3 Å². The van der Waals surface area contributed by atoms with Crippen LogP contribution in [-0.4, -0.2) is 77.3 Å². The largest absolute Gasteiger partial charge is 0.489 e. The van der Waals surface area contributed by atoms with Crippen LogP contribution in [0.15, 0.2) is 83.5 Å². The molecule has 1 heterocycles. The molecule has 0 saturated heterocycles. The van der Waals surface area contributed by atoms with Gasteiger partial charge in [0.1, 0.15) is 41.7 Å². The molecule has 59 heavy (non-hydrogen) atoms. The quantitative estimate of drug-likeness (QED) is 0.0604. The Kier molecular flexibility index (Phi) is 16.8. The number of amides is 5. The number of carbonyl (C=O) groups is 5. The first kappa shape index (κ1) is 46.1. The molecule has 0 radical (unpaired) electrons. The molecule has 4 rings (SSSR count). The monoisotopic (exact) mass is 876 g/mol. The number of fused-ring (bicyclic) bond motifs is 1. The number of alkyl carbamates (subject to hydrolysis) is 2. The second-order valence-electron chi connectivity index (χ2n) is 16.2. The van der Waals surface area contributed by atoms with Gasteiger partial charge in [-0.1, -0.05) is 54.6 Å². The van der Waals surface area contributed by atoms with Crippen molar-refractivity contribution in [3.05, 3.63) is 100 Å². The second kappa shape index (κ2) is 21.4. The van der Waals surface area contributed by atoms with Crippen molar-refractivity contribution in [3.63, 3.8) is 0 Å². The molecule has 0 spiro atoms. The van der Waals surface area contributed by atoms with Crippen molar-refractivity contribution in [3.8, 4) is 5.75 Å². The molecular formula is C44H57BrN6O8. The predicted molar refractivity (Wildman–Crippen MR) is 230 cm³/mol. The van der Waals surface area contributed by atoms with E-state index in [2.05, 4.69) is 47.5 Å². The number of rotatable bonds is 18. The number of hydrogen-bond donors (Lipinski definition) is 6. The van der Waals surface area contributed by atoms with E-state index < -0.39 is 59.2 Å². The van der Waals surface area contributed by atoms with Gasteiger partial charge in [-0.2, -0.15) is 0 Å². The molecule has 4 aromatic rings. The second-order valence-corrected chi connectivity index (χ2v) is 17.1. The van der Waals surface area contributed by atoms with E-state index in [0.717, 1.165) is 32.1 Å². The SMILES string of the molecule is C[C@H](NC(=O)[C@H](Cc1ccc(OCc2ccccc2)cc1)NC(=O)OC(C)(C)C)C(=O)N[C@@H](Cc1c[nH]c2c(Br)cccc12)C(=O)NCCCCNC(=O)OC(C)(C)C. The maximum absolute atomic E-state index is 13.8. The van der Waals surface area contributed by atoms with Crippen LogP contribution in [0.2, 0.25) is 0 Å². The Hall–Kier alpha value is -5.57. The highest BCUT2D eigenvalue weighted by Crippen LogP contribution is 2.26. The molecule has 1 aromatic heterocycles. The first-order chi connectivity index (χ1) is 27.9. The Morgan fingerprint density at radius 2 is 1.29 bits per heavy atom. The fraction of sp³-hybridized carbons (Fsp3) is 0.432. The van der Waals surface area contributed by atoms with E-state index in [0.29, 0.717) is 38.3 Å². The summed E-state index contributed by atoms with van der Waals surface area (Å²) in [6.45, 7) is 13.1. The van der Waals surface area contributed by atoms with Crippen molar-refractivity contribution < 1.29 is 38.2 Å². The molecule has 0 aliphatic rings. The van der Waals surface area contributed by atoms with Crippen LogP contribution in [0.1, 0.15) is 78.0 Å². The number of benzene rings is 3. The summed E-state index contributed by atoms with van der Waals surface area (Å²) < 4.78 is 17.5. The highest BCUT2D eigenvalue weighted by Gasteiger charge is 2.30. The Morgan fingerprint density at radius 1 is 0.661 bits per heavy atom. The maximum Gasteiger partial charge on any atom is 0.408 e. The normalized spacial score (nSPS) is 13.0. The molecule has 0 unspecified atom stereocenters. The maximum atomic E-state index is 13.8. The minimum atomic E-state index is -1.11. The lowest BCUT2D eigenvalue weighted by Crippen LogP contribution is -2.56. The number of aromatic amines is 1. The van der Waals surface area contributed by atoms with Gasteiger partial charge in [0.05, 0.1) is 5.52 Å². The van der Waals surface area contributed by atoms with E-state index in [1.54, 1.807) is 72.0 Å². The summed E-state index contributed by atoms with van der Waals surface area (Å²) >= 11 is 3.55. The minimum absolute atomic E-state index is 0.0901. The molecule has 318 valence electrons. The zero-order valence-corrected chi connectivity index (χ0v) is 36.4. The van der Waals surface area contributed by atoms with Gasteiger partial charge in [0, 0.05) is 42.0 Å². The molecule has 14 nitrogen and oxygen atoms in total. The third kappa shape index (κ3) is 16.0. The van der Waals surface area contributed by atoms with Crippen molar-refractivity contribution in [2.75, 3.05) is 13.1 Å². The van der Waals surface area contributed by atoms with Crippen LogP contribution in [0.5, 0.6) is 5.75 Å². The summed E-state index contributed by atoms with van der Waals surface area (Å²) in [6.07, 6.45) is 1.88. The molecule has 5 amide bonds. The number of halogens is 1. The molecule has 0 aliphatic carbocycles. The summed E-state index contributed by atoms with van der Waals surface area (Å²) in [5, 5.41) is 14.7. The average Bonchev–Trinajstić information content (AvgIpc) is 3.57. The van der Waals surface area contributed by atoms with Crippen LogP contribution in [0, 0.1) is 0 Å². The lowest BCUT2D eigenvalue weighted by molar-refractivity contribution is -0.132. The number of carbonyl (C=O) groups excluding carboxylic acids is 5. The lowest BCUT2D eigenvalue weighted by atomic mass is 10.0. The van der Waals surface area contributed by atoms with Gasteiger partial charge in [0.25, 0.3) is 0 Å². The molecule has 0 aliphatic heterocycles. The van der Waals surface area contributed by atoms with E-state index in [1.807, 2.05) is 48.5 Å².